The van der Waals surface area contributed by atoms with Gasteiger partial charge in [-0.05, 0) is 12.5 Å². The van der Waals surface area contributed by atoms with E-state index in [-0.39, 0.29) is 13.2 Å². The minimum Gasteiger partial charge on any atom is -0.392 e. The summed E-state index contributed by atoms with van der Waals surface area (Å²) in [6.45, 7) is 0.905. The normalized spacial score (nSPS) is 17.2. The molecule has 0 fully saturated rings. The number of aliphatic hydroxyl groups is 1. The number of hydrogen-bond donors (Lipinski definition) is 4. The molecule has 0 radical (unpaired) electrons. The Morgan fingerprint density at radius 2 is 1.81 bits per heavy atom. The molecule has 9 nitrogen and oxygen atoms in total. The fourth-order valence-electron chi connectivity index (χ4n) is 0.445. The van der Waals surface area contributed by atoms with Crippen LogP contribution in [-0.2, 0) is 23.0 Å². The molecule has 0 saturated heterocycles. The lowest BCUT2D eigenvalue weighted by atomic mass is 10.3. The lowest BCUT2D eigenvalue weighted by molar-refractivity contribution is -0.146. The van der Waals surface area contributed by atoms with Crippen molar-refractivity contribution in [2.45, 2.75) is 6.92 Å². The van der Waals surface area contributed by atoms with Crippen LogP contribution in [0, 0.1) is 0 Å². The molecular weight excluding hydrogens is 266 g/mol. The predicted molar refractivity (Wildman–Crippen MR) is 50.8 cm³/mol. The van der Waals surface area contributed by atoms with E-state index < -0.39 is 15.6 Å². The highest BCUT2D eigenvalue weighted by atomic mass is 31.2. The molecule has 16 heavy (non-hydrogen) atoms. The van der Waals surface area contributed by atoms with Crippen molar-refractivity contribution in [1.82, 2.24) is 0 Å². The minimum atomic E-state index is -5.01. The largest absolute Gasteiger partial charge is 0.500 e. The molecule has 1 unspecified atom stereocenters. The van der Waals surface area contributed by atoms with Gasteiger partial charge in [-0.3, -0.25) is 4.52 Å². The fraction of sp³-hybridized carbons (Fsp3) is 0.600. The van der Waals surface area contributed by atoms with Crippen LogP contribution in [0.4, 0.5) is 0 Å². The highest BCUT2D eigenvalue weighted by Crippen LogP contribution is 2.49. The molecule has 4 N–H and O–H groups in total. The third kappa shape index (κ3) is 9.17. The van der Waals surface area contributed by atoms with Gasteiger partial charge < -0.3 is 19.8 Å². The van der Waals surface area contributed by atoms with Crippen LogP contribution in [0.5, 0.6) is 0 Å². The standard InChI is InChI=1S/C5H12O9P2/c1-5(4-6)2-3-12-16(10,11)14-13-15(7,8)9/h2,6H,3-4H2,1H3,(H,10,11)(H2,7,8,9)/b5-2+. The summed E-state index contributed by atoms with van der Waals surface area (Å²) in [5, 5.41) is 8.56. The third-order valence-corrected chi connectivity index (χ3v) is 2.27. The maximum Gasteiger partial charge on any atom is 0.500 e. The van der Waals surface area contributed by atoms with Gasteiger partial charge in [-0.1, -0.05) is 6.08 Å². The van der Waals surface area contributed by atoms with Crippen LogP contribution in [0.1, 0.15) is 6.92 Å². The highest BCUT2D eigenvalue weighted by molar-refractivity contribution is 7.49. The van der Waals surface area contributed by atoms with E-state index in [1.165, 1.54) is 6.08 Å². The second-order valence-electron chi connectivity index (χ2n) is 2.61. The van der Waals surface area contributed by atoms with Gasteiger partial charge in [-0.25, -0.2) is 9.13 Å². The van der Waals surface area contributed by atoms with Gasteiger partial charge in [0, 0.05) is 0 Å². The molecule has 0 aromatic rings. The van der Waals surface area contributed by atoms with Crippen molar-refractivity contribution in [1.29, 1.82) is 0 Å². The number of aliphatic hydroxyl groups excluding tert-OH is 1. The van der Waals surface area contributed by atoms with Gasteiger partial charge >= 0.3 is 15.6 Å². The first-order chi connectivity index (χ1) is 7.16. The minimum absolute atomic E-state index is 0.251. The van der Waals surface area contributed by atoms with Crippen LogP contribution < -0.4 is 0 Å². The third-order valence-electron chi connectivity index (χ3n) is 1.14. The fourth-order valence-corrected chi connectivity index (χ4v) is 1.44. The lowest BCUT2D eigenvalue weighted by Gasteiger charge is -2.09. The Bertz CT molecular complexity index is 331. The molecular formula is C5H12O9P2. The van der Waals surface area contributed by atoms with Gasteiger partial charge in [0.05, 0.1) is 13.2 Å². The SMILES string of the molecule is C/C(=C\COP(=O)(O)OOP(=O)(O)O)CO. The van der Waals surface area contributed by atoms with E-state index in [9.17, 15) is 9.13 Å². The summed E-state index contributed by atoms with van der Waals surface area (Å²) in [7, 11) is -9.71. The average Bonchev–Trinajstić information content (AvgIpc) is 2.13. The van der Waals surface area contributed by atoms with Gasteiger partial charge in [-0.15, -0.1) is 9.35 Å². The summed E-state index contributed by atoms with van der Waals surface area (Å²) >= 11 is 0. The molecule has 0 bridgehead atoms. The van der Waals surface area contributed by atoms with Gasteiger partial charge in [0.25, 0.3) is 0 Å². The second kappa shape index (κ2) is 6.61. The number of phosphoric acid groups is 2. The zero-order chi connectivity index (χ0) is 12.8. The first kappa shape index (κ1) is 15.9. The van der Waals surface area contributed by atoms with Crippen molar-refractivity contribution in [3.8, 4) is 0 Å². The van der Waals surface area contributed by atoms with Crippen molar-refractivity contribution >= 4 is 15.6 Å². The molecule has 0 aliphatic carbocycles. The molecule has 96 valence electrons. The van der Waals surface area contributed by atoms with Crippen molar-refractivity contribution in [3.63, 3.8) is 0 Å². The van der Waals surface area contributed by atoms with Crippen LogP contribution in [-0.4, -0.2) is 33.0 Å². The number of phosphoric ester groups is 1. The van der Waals surface area contributed by atoms with Crippen LogP contribution in [0.25, 0.3) is 0 Å². The van der Waals surface area contributed by atoms with Gasteiger partial charge in [0.15, 0.2) is 0 Å². The molecule has 0 heterocycles. The Labute approximate surface area is 91.1 Å². The Hall–Kier alpha value is -0.0800. The molecule has 0 spiro atoms. The summed E-state index contributed by atoms with van der Waals surface area (Å²) < 4.78 is 32.1. The average molecular weight is 278 g/mol. The highest BCUT2D eigenvalue weighted by Gasteiger charge is 2.28. The van der Waals surface area contributed by atoms with E-state index in [0.717, 1.165) is 0 Å². The predicted octanol–water partition coefficient (Wildman–Crippen LogP) is 0.0829. The van der Waals surface area contributed by atoms with Crippen molar-refractivity contribution in [2.24, 2.45) is 0 Å². The van der Waals surface area contributed by atoms with Crippen LogP contribution >= 0.6 is 15.6 Å². The summed E-state index contributed by atoms with van der Waals surface area (Å²) in [6, 6.07) is 0. The van der Waals surface area contributed by atoms with E-state index in [0.29, 0.717) is 5.57 Å². The van der Waals surface area contributed by atoms with E-state index >= 15 is 0 Å². The molecule has 0 aromatic heterocycles. The molecule has 11 heteroatoms. The van der Waals surface area contributed by atoms with E-state index in [4.69, 9.17) is 19.8 Å². The zero-order valence-electron chi connectivity index (χ0n) is 8.22. The summed E-state index contributed by atoms with van der Waals surface area (Å²) in [4.78, 5) is 25.1. The molecule has 1 atom stereocenters. The smallest absolute Gasteiger partial charge is 0.392 e. The van der Waals surface area contributed by atoms with Gasteiger partial charge in [-0.2, -0.15) is 0 Å². The van der Waals surface area contributed by atoms with Crippen LogP contribution in [0.2, 0.25) is 0 Å². The Morgan fingerprint density at radius 1 is 1.25 bits per heavy atom. The quantitative estimate of drug-likeness (QED) is 0.220. The summed E-state index contributed by atoms with van der Waals surface area (Å²) in [6.07, 6.45) is 1.28. The second-order valence-corrected chi connectivity index (χ2v) is 5.09. The van der Waals surface area contributed by atoms with Crippen molar-refractivity contribution in [3.05, 3.63) is 11.6 Å². The lowest BCUT2D eigenvalue weighted by Crippen LogP contribution is -1.97. The van der Waals surface area contributed by atoms with E-state index in [1.807, 2.05) is 0 Å². The van der Waals surface area contributed by atoms with Crippen LogP contribution in [0.15, 0.2) is 11.6 Å². The monoisotopic (exact) mass is 278 g/mol. The first-order valence-corrected chi connectivity index (χ1v) is 6.86. The summed E-state index contributed by atoms with van der Waals surface area (Å²) in [5.74, 6) is 0. The maximum atomic E-state index is 10.9. The topological polar surface area (TPSA) is 143 Å². The number of hydrogen-bond acceptors (Lipinski definition) is 6. The Balaban J connectivity index is 4.07. The van der Waals surface area contributed by atoms with E-state index in [1.54, 1.807) is 6.92 Å². The Kier molecular flexibility index (Phi) is 6.57. The van der Waals surface area contributed by atoms with Gasteiger partial charge in [0.2, 0.25) is 0 Å². The molecule has 0 aromatic carbocycles. The zero-order valence-corrected chi connectivity index (χ0v) is 10.0. The van der Waals surface area contributed by atoms with E-state index in [2.05, 4.69) is 13.9 Å². The van der Waals surface area contributed by atoms with Crippen LogP contribution in [0.3, 0.4) is 0 Å². The maximum absolute atomic E-state index is 10.9. The Morgan fingerprint density at radius 3 is 2.25 bits per heavy atom. The first-order valence-electron chi connectivity index (χ1n) is 3.83. The van der Waals surface area contributed by atoms with Crippen molar-refractivity contribution in [2.75, 3.05) is 13.2 Å². The molecule has 0 amide bonds. The molecule has 0 aliphatic heterocycles. The molecule has 0 aliphatic rings. The summed E-state index contributed by atoms with van der Waals surface area (Å²) in [5.41, 5.74) is 0.482. The van der Waals surface area contributed by atoms with Crippen molar-refractivity contribution < 1.29 is 42.8 Å². The molecule has 0 rings (SSSR count). The van der Waals surface area contributed by atoms with Gasteiger partial charge in [0.1, 0.15) is 0 Å². The number of rotatable bonds is 7. The molecule has 0 saturated carbocycles.